The smallest absolute Gasteiger partial charge is 0.313 e. The molecule has 17 aliphatic rings. The zero-order chi connectivity index (χ0) is 90.1. The lowest BCUT2D eigenvalue weighted by Crippen LogP contribution is -2.50. The topological polar surface area (TPSA) is 313 Å². The molecule has 17 rings (SSSR count). The molecule has 0 aromatic rings. The summed E-state index contributed by atoms with van der Waals surface area (Å²) >= 11 is 0. The highest BCUT2D eigenvalue weighted by Gasteiger charge is 2.74. The Balaban J connectivity index is 0.000000430. The van der Waals surface area contributed by atoms with E-state index in [-0.39, 0.29) is 292 Å². The maximum absolute atomic E-state index is 13.4. The first-order valence-electron chi connectivity index (χ1n) is 49.0. The van der Waals surface area contributed by atoms with Crippen LogP contribution in [-0.2, 0) is 133 Å². The summed E-state index contributed by atoms with van der Waals surface area (Å²) in [6.45, 7) is 36.4. The Hall–Kier alpha value is -4.27. The molecule has 0 radical (unpaired) electrons. The van der Waals surface area contributed by atoms with Gasteiger partial charge in [-0.05, 0) is 163 Å². The molecule has 0 spiro atoms. The molecular weight excluding hydrogens is 1730 g/mol. The summed E-state index contributed by atoms with van der Waals surface area (Å²) in [6, 6.07) is 0. The van der Waals surface area contributed by atoms with Crippen molar-refractivity contribution in [3.63, 3.8) is 0 Å². The molecule has 28 heteroatoms. The van der Waals surface area contributed by atoms with Crippen molar-refractivity contribution in [1.82, 2.24) is 0 Å². The maximum atomic E-state index is 13.4. The van der Waals surface area contributed by atoms with Crippen molar-refractivity contribution in [3.05, 3.63) is 0 Å². The van der Waals surface area contributed by atoms with Gasteiger partial charge in [0, 0.05) is 97.3 Å². The van der Waals surface area contributed by atoms with Crippen LogP contribution in [0.25, 0.3) is 0 Å². The molecule has 17 fully saturated rings. The van der Waals surface area contributed by atoms with E-state index in [1.54, 1.807) is 14.0 Å². The second-order valence-electron chi connectivity index (χ2n) is 39.7. The van der Waals surface area contributed by atoms with Gasteiger partial charge in [0.25, 0.3) is 0 Å². The normalized spacial score (nSPS) is 40.7. The zero-order valence-corrected chi connectivity index (χ0v) is 79.2. The molecule has 42 unspecified atom stereocenters. The number of carbonyl (C=O) groups excluding carboxylic acids is 7. The molecule has 10 bridgehead atoms. The summed E-state index contributed by atoms with van der Waals surface area (Å²) < 4.78 is 123. The van der Waals surface area contributed by atoms with Gasteiger partial charge in [-0.15, -0.1) is 0 Å². The predicted octanol–water partition coefficient (Wildman–Crippen LogP) is 19.8. The Bertz CT molecular complexity index is 3560. The second kappa shape index (κ2) is 53.9. The second-order valence-corrected chi connectivity index (χ2v) is 39.7. The van der Waals surface area contributed by atoms with Gasteiger partial charge in [-0.25, -0.2) is 0 Å². The summed E-state index contributed by atoms with van der Waals surface area (Å²) in [5.74, 6) is -0.976. The van der Waals surface area contributed by atoms with E-state index in [2.05, 4.69) is 76.2 Å². The van der Waals surface area contributed by atoms with E-state index in [0.29, 0.717) is 73.5 Å². The number of fused-ring (bicyclic) bond motifs is 25. The van der Waals surface area contributed by atoms with E-state index in [0.717, 1.165) is 128 Å². The molecule has 0 aromatic heterocycles. The van der Waals surface area contributed by atoms with Gasteiger partial charge in [0.05, 0.1) is 205 Å². The minimum Gasteiger partial charge on any atom is -0.469 e. The summed E-state index contributed by atoms with van der Waals surface area (Å²) in [4.78, 5) is 88.1. The lowest BCUT2D eigenvalue weighted by Gasteiger charge is -2.37. The van der Waals surface area contributed by atoms with E-state index in [9.17, 15) is 33.6 Å². The predicted molar refractivity (Wildman–Crippen MR) is 522 cm³/mol. The Kier molecular flexibility index (Phi) is 49.9. The molecule has 28 nitrogen and oxygen atoms in total. The Morgan fingerprint density at radius 3 is 1.09 bits per heavy atom. The number of carbonyl (C=O) groups is 7. The van der Waals surface area contributed by atoms with Crippen LogP contribution in [0.5, 0.6) is 0 Å². The highest BCUT2D eigenvalue weighted by Crippen LogP contribution is 2.64. The van der Waals surface area contributed by atoms with Crippen LogP contribution in [0.15, 0.2) is 0 Å². The highest BCUT2D eigenvalue weighted by molar-refractivity contribution is 5.86. The van der Waals surface area contributed by atoms with Crippen LogP contribution in [0, 0.1) is 112 Å². The molecular formula is C107H196O28. The molecule has 1 aliphatic carbocycles. The van der Waals surface area contributed by atoms with Crippen molar-refractivity contribution in [1.29, 1.82) is 0 Å². The molecule has 1 saturated carbocycles. The molecule has 16 heterocycles. The molecule has 16 aliphatic heterocycles. The lowest BCUT2D eigenvalue weighted by atomic mass is 9.65. The average molecular weight is 1930 g/mol. The maximum Gasteiger partial charge on any atom is 0.313 e. The van der Waals surface area contributed by atoms with Crippen molar-refractivity contribution in [2.24, 2.45) is 112 Å². The third kappa shape index (κ3) is 24.2. The summed E-state index contributed by atoms with van der Waals surface area (Å²) in [5.41, 5.74) is -0.984. The van der Waals surface area contributed by atoms with Crippen LogP contribution >= 0.6 is 0 Å². The van der Waals surface area contributed by atoms with Gasteiger partial charge in [0.15, 0.2) is 12.6 Å². The van der Waals surface area contributed by atoms with Crippen molar-refractivity contribution in [3.8, 4) is 0 Å². The van der Waals surface area contributed by atoms with Crippen LogP contribution in [0.3, 0.4) is 0 Å². The fourth-order valence-corrected chi connectivity index (χ4v) is 27.4. The zero-order valence-electron chi connectivity index (χ0n) is 79.2. The molecule has 0 aromatic carbocycles. The first-order chi connectivity index (χ1) is 60.1. The van der Waals surface area contributed by atoms with E-state index in [1.807, 2.05) is 34.6 Å². The molecule has 792 valence electrons. The average Bonchev–Trinajstić information content (AvgIpc) is 1.56. The van der Waals surface area contributed by atoms with Crippen molar-refractivity contribution in [2.75, 3.05) is 55.4 Å². The number of methoxy groups -OCH3 is 5. The SMILES string of the molecule is C.C.C.C.C.C.C.C.C.C.CCC1OC(CC)C2C3OC(C(C(=O)OC)C3C(=O)OC(C)(C)C)C12.CCC1OC(CC)C2C3OC(C(C(=O)OC)C3C(=O)OC3(CC)CCCC3)C12.CCC1OC(CC)C2C3OC(C(COC)C3C(=O)OC)C12.CCC1OC(CC)C2C3OC(CC3C(C)C(=O)OC)C12.CCOC(C)OC(=O)CC(OC1CCCCO1)C1CC2OC1C1C(CC)OC(CC)C21. The number of hydrogen-bond acceptors (Lipinski definition) is 28. The first kappa shape index (κ1) is 125. The standard InChI is InChI=1S/C24H40O7.C22H34O6.C19H30O6.C16H26O5.C16H26O4.10CH4/c1-5-16-22-19-12-15(24(31-19)23(22)17(6-2)29-16)18(30-21-10-8-9-11-27-21)13-20(25)28-14(4)26-7-3;1-5-12-14-15(13(6-2)26-12)19-17(16(18(14)27-19)20(23)25-4)21(24)28-22(7-3)10-8-9-11-22;1-7-9-11-12(10(8-2)23-9)16-14(18(21)25-19(3,4)5)13(15(11)24-16)17(20)22-6;1-5-9-12-13(10(6-2)20-9)15-11(16(17)19-4)8(7-18-3)14(12)21-15;1-5-10-13-12-7-9(8(3)16(17)18-4)15(20-12)14(13)11(6-2)19-10;;;;;;;;;;/h14-19,21-24H,5-13H2,1-4H3;12-19H,5-11H2,1-4H3;9-16H,7-8H2,1-6H3;8-15H,5-7H2,1-4H3;8-15H,5-7H2,1-4H3;10*1H4. The van der Waals surface area contributed by atoms with Crippen LogP contribution in [-0.4, -0.2) is 249 Å². The van der Waals surface area contributed by atoms with E-state index >= 15 is 0 Å². The fourth-order valence-electron chi connectivity index (χ4n) is 27.4. The number of hydrogen-bond donors (Lipinski definition) is 0. The molecule has 0 N–H and O–H groups in total. The number of esters is 7. The van der Waals surface area contributed by atoms with Crippen molar-refractivity contribution >= 4 is 41.8 Å². The minimum atomic E-state index is -0.619. The fraction of sp³-hybridized carbons (Fsp3) is 0.935. The monoisotopic (exact) mass is 1930 g/mol. The number of rotatable bonds is 29. The summed E-state index contributed by atoms with van der Waals surface area (Å²) in [6.07, 6.45) is 19.7. The van der Waals surface area contributed by atoms with Crippen LogP contribution in [0.1, 0.15) is 327 Å². The van der Waals surface area contributed by atoms with Crippen molar-refractivity contribution < 1.29 is 133 Å². The van der Waals surface area contributed by atoms with Gasteiger partial charge in [0.2, 0.25) is 0 Å². The van der Waals surface area contributed by atoms with Crippen molar-refractivity contribution in [2.45, 2.75) is 479 Å². The first-order valence-corrected chi connectivity index (χ1v) is 49.0. The molecule has 0 amide bonds. The van der Waals surface area contributed by atoms with Crippen LogP contribution < -0.4 is 0 Å². The quantitative estimate of drug-likeness (QED) is 0.0381. The van der Waals surface area contributed by atoms with Crippen LogP contribution in [0.2, 0.25) is 0 Å². The van der Waals surface area contributed by atoms with Gasteiger partial charge < -0.3 is 99.5 Å². The van der Waals surface area contributed by atoms with Gasteiger partial charge in [-0.1, -0.05) is 157 Å². The van der Waals surface area contributed by atoms with Crippen LogP contribution in [0.4, 0.5) is 0 Å². The van der Waals surface area contributed by atoms with Gasteiger partial charge in [-0.3, -0.25) is 33.6 Å². The van der Waals surface area contributed by atoms with Gasteiger partial charge in [-0.2, -0.15) is 0 Å². The third-order valence-electron chi connectivity index (χ3n) is 32.5. The lowest BCUT2D eigenvalue weighted by molar-refractivity contribution is -0.211. The van der Waals surface area contributed by atoms with E-state index in [4.69, 9.17) is 99.5 Å². The Morgan fingerprint density at radius 1 is 0.385 bits per heavy atom. The molecule has 16 saturated heterocycles. The minimum absolute atomic E-state index is 0. The van der Waals surface area contributed by atoms with E-state index < -0.39 is 41.5 Å². The largest absolute Gasteiger partial charge is 0.469 e. The molecule has 135 heavy (non-hydrogen) atoms. The third-order valence-corrected chi connectivity index (χ3v) is 32.5. The Morgan fingerprint density at radius 2 is 0.733 bits per heavy atom. The summed E-state index contributed by atoms with van der Waals surface area (Å²) in [5, 5.41) is 0. The number of ether oxygens (including phenoxy) is 21. The van der Waals surface area contributed by atoms with Gasteiger partial charge in [0.1, 0.15) is 11.2 Å². The molecule has 42 atom stereocenters. The highest BCUT2D eigenvalue weighted by atomic mass is 16.7. The Labute approximate surface area is 817 Å². The van der Waals surface area contributed by atoms with E-state index in [1.165, 1.54) is 28.4 Å². The summed E-state index contributed by atoms with van der Waals surface area (Å²) in [7, 11) is 7.34. The van der Waals surface area contributed by atoms with Gasteiger partial charge >= 0.3 is 41.8 Å².